The zero-order valence-electron chi connectivity index (χ0n) is 12.0. The topological polar surface area (TPSA) is 92.7 Å². The van der Waals surface area contributed by atoms with Crippen LogP contribution in [0.4, 0.5) is 5.69 Å². The number of hydrogen-bond donors (Lipinski definition) is 2. The van der Waals surface area contributed by atoms with Gasteiger partial charge in [-0.25, -0.2) is 4.52 Å². The number of nitrogens with one attached hydrogen (secondary N) is 1. The largest absolute Gasteiger partial charge is 0.378 e. The lowest BCUT2D eigenvalue weighted by molar-refractivity contribution is -0.125. The highest BCUT2D eigenvalue weighted by Gasteiger charge is 2.26. The Morgan fingerprint density at radius 2 is 2.32 bits per heavy atom. The number of amides is 2. The molecule has 1 aliphatic rings. The number of carbonyl (C=O) groups excluding carboxylic acids is 2. The van der Waals surface area contributed by atoms with Gasteiger partial charge in [0.2, 0.25) is 5.91 Å². The van der Waals surface area contributed by atoms with E-state index in [0.717, 1.165) is 11.9 Å². The summed E-state index contributed by atoms with van der Waals surface area (Å²) in [5.41, 5.74) is 7.23. The maximum Gasteiger partial charge on any atom is 0.252 e. The third kappa shape index (κ3) is 2.41. The summed E-state index contributed by atoms with van der Waals surface area (Å²) in [6, 6.07) is 3.77. The zero-order chi connectivity index (χ0) is 15.7. The monoisotopic (exact) mass is 299 g/mol. The third-order valence-corrected chi connectivity index (χ3v) is 3.85. The van der Waals surface area contributed by atoms with E-state index in [4.69, 9.17) is 5.73 Å². The van der Waals surface area contributed by atoms with Crippen LogP contribution >= 0.6 is 0 Å². The molecular weight excluding hydrogens is 282 g/mol. The first kappa shape index (κ1) is 14.1. The Morgan fingerprint density at radius 1 is 1.50 bits per heavy atom. The summed E-state index contributed by atoms with van der Waals surface area (Å²) >= 11 is 0. The van der Waals surface area contributed by atoms with Crippen LogP contribution in [0.3, 0.4) is 0 Å². The molecule has 0 radical (unpaired) electrons. The summed E-state index contributed by atoms with van der Waals surface area (Å²) in [4.78, 5) is 25.0. The molecule has 0 spiro atoms. The molecule has 114 valence electrons. The van der Waals surface area contributed by atoms with Gasteiger partial charge in [0.25, 0.3) is 5.91 Å². The Hall–Kier alpha value is -2.83. The van der Waals surface area contributed by atoms with Gasteiger partial charge in [-0.05, 0) is 24.6 Å². The van der Waals surface area contributed by atoms with Crippen molar-refractivity contribution in [3.05, 3.63) is 42.7 Å². The Kier molecular flexibility index (Phi) is 3.54. The first-order valence-corrected chi connectivity index (χ1v) is 7.04. The fraction of sp³-hybridized carbons (Fsp3) is 0.267. The van der Waals surface area contributed by atoms with Crippen molar-refractivity contribution in [2.45, 2.75) is 12.5 Å². The van der Waals surface area contributed by atoms with Gasteiger partial charge in [-0.3, -0.25) is 9.59 Å². The Labute approximate surface area is 127 Å². The first-order chi connectivity index (χ1) is 10.6. The molecule has 1 fully saturated rings. The lowest BCUT2D eigenvalue weighted by atomic mass is 10.1. The molecule has 3 rings (SSSR count). The van der Waals surface area contributed by atoms with Gasteiger partial charge >= 0.3 is 0 Å². The minimum atomic E-state index is -0.532. The number of nitrogens with zero attached hydrogens (tertiary/aromatic N) is 3. The molecule has 1 unspecified atom stereocenters. The minimum Gasteiger partial charge on any atom is -0.378 e. The smallest absolute Gasteiger partial charge is 0.252 e. The number of aromatic nitrogens is 2. The van der Waals surface area contributed by atoms with Gasteiger partial charge in [0.05, 0.1) is 23.0 Å². The maximum atomic E-state index is 11.7. The van der Waals surface area contributed by atoms with Gasteiger partial charge in [-0.15, -0.1) is 0 Å². The summed E-state index contributed by atoms with van der Waals surface area (Å²) < 4.78 is 1.68. The van der Waals surface area contributed by atoms with Gasteiger partial charge in [-0.2, -0.15) is 5.10 Å². The number of hydrogen-bond acceptors (Lipinski definition) is 4. The van der Waals surface area contributed by atoms with Crippen LogP contribution in [0.15, 0.2) is 37.2 Å². The minimum absolute atomic E-state index is 0.0584. The standard InChI is InChI=1S/C15H17N5O2/c1-2-13(21)19-7-5-10(9-19)18-14-11(15(16)22)8-17-20-6-3-4-12(14)20/h2-4,6,8,10,18H,1,5,7,9H2,(H2,16,22). The number of fused-ring (bicyclic) bond motifs is 1. The van der Waals surface area contributed by atoms with Gasteiger partial charge in [0.1, 0.15) is 0 Å². The van der Waals surface area contributed by atoms with E-state index in [0.29, 0.717) is 24.3 Å². The SMILES string of the molecule is C=CC(=O)N1CCC(Nc2c(C(N)=O)cnn3cccc23)C1. The van der Waals surface area contributed by atoms with E-state index in [1.54, 1.807) is 15.6 Å². The molecule has 2 amide bonds. The molecule has 7 heteroatoms. The van der Waals surface area contributed by atoms with Crippen molar-refractivity contribution < 1.29 is 9.59 Å². The predicted octanol–water partition coefficient (Wildman–Crippen LogP) is 0.632. The highest BCUT2D eigenvalue weighted by Crippen LogP contribution is 2.24. The summed E-state index contributed by atoms with van der Waals surface area (Å²) in [6.45, 7) is 4.73. The third-order valence-electron chi connectivity index (χ3n) is 3.85. The molecule has 0 aliphatic carbocycles. The van der Waals surface area contributed by atoms with E-state index in [1.165, 1.54) is 12.3 Å². The summed E-state index contributed by atoms with van der Waals surface area (Å²) in [5, 5.41) is 7.49. The number of primary amides is 1. The lowest BCUT2D eigenvalue weighted by Gasteiger charge is -2.18. The van der Waals surface area contributed by atoms with Crippen LogP contribution in [0.5, 0.6) is 0 Å². The maximum absolute atomic E-state index is 11.7. The molecule has 1 aliphatic heterocycles. The van der Waals surface area contributed by atoms with E-state index in [9.17, 15) is 9.59 Å². The number of rotatable bonds is 4. The van der Waals surface area contributed by atoms with E-state index >= 15 is 0 Å². The fourth-order valence-electron chi connectivity index (χ4n) is 2.74. The summed E-state index contributed by atoms with van der Waals surface area (Å²) in [5.74, 6) is -0.613. The van der Waals surface area contributed by atoms with Crippen molar-refractivity contribution in [3.8, 4) is 0 Å². The van der Waals surface area contributed by atoms with Gasteiger partial charge in [0, 0.05) is 25.3 Å². The Balaban J connectivity index is 1.89. The second-order valence-electron chi connectivity index (χ2n) is 5.25. The molecule has 1 atom stereocenters. The molecule has 22 heavy (non-hydrogen) atoms. The number of carbonyl (C=O) groups is 2. The second-order valence-corrected chi connectivity index (χ2v) is 5.25. The molecule has 0 aromatic carbocycles. The molecule has 0 saturated carbocycles. The average molecular weight is 299 g/mol. The highest BCUT2D eigenvalue weighted by molar-refractivity contribution is 6.01. The van der Waals surface area contributed by atoms with Crippen molar-refractivity contribution in [2.24, 2.45) is 5.73 Å². The molecule has 2 aromatic heterocycles. The van der Waals surface area contributed by atoms with Crippen molar-refractivity contribution >= 4 is 23.0 Å². The zero-order valence-corrected chi connectivity index (χ0v) is 12.0. The summed E-state index contributed by atoms with van der Waals surface area (Å²) in [6.07, 6.45) is 5.37. The predicted molar refractivity (Wildman–Crippen MR) is 82.5 cm³/mol. The van der Waals surface area contributed by atoms with Crippen LogP contribution in [0.25, 0.3) is 5.52 Å². The van der Waals surface area contributed by atoms with Crippen LogP contribution in [0, 0.1) is 0 Å². The lowest BCUT2D eigenvalue weighted by Crippen LogP contribution is -2.30. The molecule has 0 bridgehead atoms. The van der Waals surface area contributed by atoms with Crippen molar-refractivity contribution in [3.63, 3.8) is 0 Å². The number of anilines is 1. The van der Waals surface area contributed by atoms with Crippen LogP contribution in [0.1, 0.15) is 16.8 Å². The van der Waals surface area contributed by atoms with Crippen molar-refractivity contribution in [2.75, 3.05) is 18.4 Å². The van der Waals surface area contributed by atoms with E-state index < -0.39 is 5.91 Å². The molecule has 3 heterocycles. The average Bonchev–Trinajstić information content (AvgIpc) is 3.15. The van der Waals surface area contributed by atoms with Crippen LogP contribution in [-0.4, -0.2) is 45.5 Å². The van der Waals surface area contributed by atoms with Crippen LogP contribution in [0.2, 0.25) is 0 Å². The van der Waals surface area contributed by atoms with Gasteiger partial charge in [-0.1, -0.05) is 6.58 Å². The fourth-order valence-corrected chi connectivity index (χ4v) is 2.74. The Morgan fingerprint density at radius 3 is 3.05 bits per heavy atom. The highest BCUT2D eigenvalue weighted by atomic mass is 16.2. The van der Waals surface area contributed by atoms with Gasteiger partial charge in [0.15, 0.2) is 0 Å². The van der Waals surface area contributed by atoms with Crippen molar-refractivity contribution in [1.29, 1.82) is 0 Å². The molecule has 2 aromatic rings. The summed E-state index contributed by atoms with van der Waals surface area (Å²) in [7, 11) is 0. The molecular formula is C15H17N5O2. The van der Waals surface area contributed by atoms with Crippen LogP contribution in [-0.2, 0) is 4.79 Å². The first-order valence-electron chi connectivity index (χ1n) is 7.04. The Bertz CT molecular complexity index is 751. The molecule has 3 N–H and O–H groups in total. The molecule has 7 nitrogen and oxygen atoms in total. The van der Waals surface area contributed by atoms with E-state index in [-0.39, 0.29) is 11.9 Å². The second kappa shape index (κ2) is 5.51. The quantitative estimate of drug-likeness (QED) is 0.810. The van der Waals surface area contributed by atoms with Crippen LogP contribution < -0.4 is 11.1 Å². The number of likely N-dealkylation sites (tertiary alicyclic amines) is 1. The van der Waals surface area contributed by atoms with Crippen molar-refractivity contribution in [1.82, 2.24) is 14.5 Å². The molecule has 1 saturated heterocycles. The normalized spacial score (nSPS) is 17.6. The number of nitrogens with two attached hydrogens (primary N) is 1. The van der Waals surface area contributed by atoms with E-state index in [1.807, 2.05) is 12.1 Å². The van der Waals surface area contributed by atoms with Gasteiger partial charge < -0.3 is 16.0 Å². The van der Waals surface area contributed by atoms with E-state index in [2.05, 4.69) is 17.0 Å².